The smallest absolute Gasteiger partial charge is 0.257 e. The Balaban J connectivity index is 1.56. The quantitative estimate of drug-likeness (QED) is 0.655. The van der Waals surface area contributed by atoms with Crippen molar-refractivity contribution in [1.29, 1.82) is 0 Å². The van der Waals surface area contributed by atoms with Crippen LogP contribution >= 0.6 is 0 Å². The van der Waals surface area contributed by atoms with Gasteiger partial charge in [-0.25, -0.2) is 0 Å². The van der Waals surface area contributed by atoms with Crippen LogP contribution in [0.1, 0.15) is 21.6 Å². The van der Waals surface area contributed by atoms with E-state index in [-0.39, 0.29) is 31.4 Å². The molecular weight excluding hydrogens is 394 g/mol. The fourth-order valence-corrected chi connectivity index (χ4v) is 3.73. The van der Waals surface area contributed by atoms with Crippen molar-refractivity contribution in [1.82, 2.24) is 25.0 Å². The molecule has 3 aromatic rings. The summed E-state index contributed by atoms with van der Waals surface area (Å²) in [5.41, 5.74) is 0.982. The highest BCUT2D eigenvalue weighted by atomic mass is 16.5. The first-order chi connectivity index (χ1) is 15.1. The van der Waals surface area contributed by atoms with Gasteiger partial charge in [-0.2, -0.15) is 5.10 Å². The Bertz CT molecular complexity index is 1040. The molecule has 8 heteroatoms. The molecule has 1 atom stereocenters. The number of nitrogens with zero attached hydrogens (tertiary/aromatic N) is 4. The molecule has 1 aliphatic rings. The van der Waals surface area contributed by atoms with Gasteiger partial charge in [-0.15, -0.1) is 0 Å². The number of carbonyl (C=O) groups excluding carboxylic acids is 2. The predicted octanol–water partition coefficient (Wildman–Crippen LogP) is 1.59. The van der Waals surface area contributed by atoms with Gasteiger partial charge in [0.2, 0.25) is 0 Å². The van der Waals surface area contributed by atoms with Crippen molar-refractivity contribution in [3.63, 3.8) is 0 Å². The van der Waals surface area contributed by atoms with E-state index in [2.05, 4.69) is 15.4 Å². The van der Waals surface area contributed by atoms with Gasteiger partial charge in [0.1, 0.15) is 0 Å². The Morgan fingerprint density at radius 3 is 2.68 bits per heavy atom. The molecule has 8 nitrogen and oxygen atoms in total. The largest absolute Gasteiger partial charge is 0.361 e. The van der Waals surface area contributed by atoms with Gasteiger partial charge in [-0.3, -0.25) is 19.3 Å². The van der Waals surface area contributed by atoms with Gasteiger partial charge < -0.3 is 15.0 Å². The molecule has 1 aliphatic heterocycles. The highest BCUT2D eigenvalue weighted by Gasteiger charge is 2.45. The molecule has 31 heavy (non-hydrogen) atoms. The van der Waals surface area contributed by atoms with Gasteiger partial charge in [0.15, 0.2) is 5.60 Å². The first-order valence-electron chi connectivity index (χ1n) is 10.2. The zero-order valence-electron chi connectivity index (χ0n) is 17.4. The topological polar surface area (TPSA) is 89.4 Å². The number of pyridine rings is 1. The van der Waals surface area contributed by atoms with Crippen molar-refractivity contribution in [3.8, 4) is 0 Å². The first-order valence-corrected chi connectivity index (χ1v) is 10.2. The highest BCUT2D eigenvalue weighted by Crippen LogP contribution is 2.25. The Morgan fingerprint density at radius 2 is 1.97 bits per heavy atom. The van der Waals surface area contributed by atoms with Crippen molar-refractivity contribution >= 4 is 11.8 Å². The molecule has 1 N–H and O–H groups in total. The first kappa shape index (κ1) is 20.7. The van der Waals surface area contributed by atoms with Crippen molar-refractivity contribution in [2.24, 2.45) is 7.05 Å². The summed E-state index contributed by atoms with van der Waals surface area (Å²) in [6, 6.07) is 15.2. The number of aryl methyl sites for hydroxylation is 1. The number of benzene rings is 1. The lowest BCUT2D eigenvalue weighted by molar-refractivity contribution is -0.157. The van der Waals surface area contributed by atoms with E-state index in [4.69, 9.17) is 4.74 Å². The number of rotatable bonds is 6. The number of hydrogen-bond acceptors (Lipinski definition) is 5. The van der Waals surface area contributed by atoms with Crippen molar-refractivity contribution < 1.29 is 14.3 Å². The number of ether oxygens (including phenoxy) is 1. The molecule has 0 unspecified atom stereocenters. The monoisotopic (exact) mass is 419 g/mol. The van der Waals surface area contributed by atoms with E-state index >= 15 is 0 Å². The van der Waals surface area contributed by atoms with E-state index in [0.717, 1.165) is 11.3 Å². The molecular formula is C23H25N5O3. The van der Waals surface area contributed by atoms with Gasteiger partial charge in [0.25, 0.3) is 11.8 Å². The molecule has 0 spiro atoms. The van der Waals surface area contributed by atoms with Gasteiger partial charge in [0, 0.05) is 44.6 Å². The molecule has 0 radical (unpaired) electrons. The maximum Gasteiger partial charge on any atom is 0.257 e. The summed E-state index contributed by atoms with van der Waals surface area (Å²) >= 11 is 0. The molecule has 2 aromatic heterocycles. The summed E-state index contributed by atoms with van der Waals surface area (Å²) in [5, 5.41) is 7.07. The second kappa shape index (κ2) is 9.09. The van der Waals surface area contributed by atoms with Crippen LogP contribution in [0.2, 0.25) is 0 Å². The second-order valence-corrected chi connectivity index (χ2v) is 7.64. The summed E-state index contributed by atoms with van der Waals surface area (Å²) in [4.78, 5) is 32.4. The Hall–Kier alpha value is -3.52. The van der Waals surface area contributed by atoms with Crippen LogP contribution in [0.4, 0.5) is 0 Å². The summed E-state index contributed by atoms with van der Waals surface area (Å²) in [6.45, 7) is 1.18. The Kier molecular flexibility index (Phi) is 6.08. The van der Waals surface area contributed by atoms with Crippen LogP contribution in [-0.4, -0.2) is 56.8 Å². The highest BCUT2D eigenvalue weighted by molar-refractivity contribution is 5.95. The molecule has 3 heterocycles. The zero-order chi connectivity index (χ0) is 21.7. The average molecular weight is 419 g/mol. The van der Waals surface area contributed by atoms with E-state index in [1.54, 1.807) is 29.0 Å². The molecule has 0 aliphatic carbocycles. The van der Waals surface area contributed by atoms with Gasteiger partial charge in [-0.05, 0) is 17.7 Å². The lowest BCUT2D eigenvalue weighted by Crippen LogP contribution is -2.62. The SMILES string of the molecule is Cn1cc(C(=O)N2CCO[C@](Cc3ccccn3)(C(=O)NCc3ccccc3)C2)cn1. The summed E-state index contributed by atoms with van der Waals surface area (Å²) in [7, 11) is 1.76. The molecule has 0 bridgehead atoms. The Labute approximate surface area is 180 Å². The van der Waals surface area contributed by atoms with Crippen LogP contribution in [0.15, 0.2) is 67.1 Å². The van der Waals surface area contributed by atoms with Crippen LogP contribution < -0.4 is 5.32 Å². The maximum absolute atomic E-state index is 13.4. The van der Waals surface area contributed by atoms with Gasteiger partial charge in [-0.1, -0.05) is 36.4 Å². The summed E-state index contributed by atoms with van der Waals surface area (Å²) < 4.78 is 7.66. The van der Waals surface area contributed by atoms with Crippen LogP contribution in [0.25, 0.3) is 0 Å². The number of amides is 2. The number of hydrogen-bond donors (Lipinski definition) is 1. The minimum atomic E-state index is -1.22. The van der Waals surface area contributed by atoms with Crippen LogP contribution in [-0.2, 0) is 29.5 Å². The second-order valence-electron chi connectivity index (χ2n) is 7.64. The van der Waals surface area contributed by atoms with Crippen molar-refractivity contribution in [2.75, 3.05) is 19.7 Å². The molecule has 1 aromatic carbocycles. The lowest BCUT2D eigenvalue weighted by Gasteiger charge is -2.41. The molecule has 0 saturated carbocycles. The molecule has 1 fully saturated rings. The fraction of sp³-hybridized carbons (Fsp3) is 0.304. The molecule has 160 valence electrons. The third-order valence-corrected chi connectivity index (χ3v) is 5.33. The van der Waals surface area contributed by atoms with Crippen LogP contribution in [0, 0.1) is 0 Å². The molecule has 1 saturated heterocycles. The van der Waals surface area contributed by atoms with E-state index in [0.29, 0.717) is 18.7 Å². The number of aromatic nitrogens is 3. The number of carbonyl (C=O) groups is 2. The Morgan fingerprint density at radius 1 is 1.16 bits per heavy atom. The van der Waals surface area contributed by atoms with Crippen LogP contribution in [0.5, 0.6) is 0 Å². The zero-order valence-corrected chi connectivity index (χ0v) is 17.4. The van der Waals surface area contributed by atoms with Crippen LogP contribution in [0.3, 0.4) is 0 Å². The van der Waals surface area contributed by atoms with E-state index < -0.39 is 5.60 Å². The minimum absolute atomic E-state index is 0.137. The van der Waals surface area contributed by atoms with E-state index in [1.807, 2.05) is 48.5 Å². The van der Waals surface area contributed by atoms with Crippen molar-refractivity contribution in [2.45, 2.75) is 18.6 Å². The predicted molar refractivity (Wildman–Crippen MR) is 114 cm³/mol. The minimum Gasteiger partial charge on any atom is -0.361 e. The third-order valence-electron chi connectivity index (χ3n) is 5.33. The van der Waals surface area contributed by atoms with E-state index in [9.17, 15) is 9.59 Å². The number of nitrogens with one attached hydrogen (secondary N) is 1. The average Bonchev–Trinajstić information content (AvgIpc) is 3.24. The third kappa shape index (κ3) is 4.80. The number of morpholine rings is 1. The molecule has 2 amide bonds. The molecule has 4 rings (SSSR count). The van der Waals surface area contributed by atoms with Crippen molar-refractivity contribution in [3.05, 3.63) is 83.9 Å². The fourth-order valence-electron chi connectivity index (χ4n) is 3.73. The summed E-state index contributed by atoms with van der Waals surface area (Å²) in [6.07, 6.45) is 5.17. The maximum atomic E-state index is 13.4. The normalized spacial score (nSPS) is 18.5. The van der Waals surface area contributed by atoms with Gasteiger partial charge in [0.05, 0.1) is 24.9 Å². The summed E-state index contributed by atoms with van der Waals surface area (Å²) in [5.74, 6) is -0.427. The standard InChI is InChI=1S/C23H25N5O3/c1-27-16-19(15-26-27)21(29)28-11-12-31-23(17-28,13-20-9-5-6-10-24-20)22(30)25-14-18-7-3-2-4-8-18/h2-10,15-16H,11-14,17H2,1H3,(H,25,30)/t23-/m0/s1. The van der Waals surface area contributed by atoms with Gasteiger partial charge >= 0.3 is 0 Å². The lowest BCUT2D eigenvalue weighted by atomic mass is 9.93. The van der Waals surface area contributed by atoms with E-state index in [1.165, 1.54) is 6.20 Å².